The summed E-state index contributed by atoms with van der Waals surface area (Å²) < 4.78 is 5.49. The van der Waals surface area contributed by atoms with Crippen LogP contribution in [0.1, 0.15) is 31.7 Å². The minimum absolute atomic E-state index is 0.0191. The lowest BCUT2D eigenvalue weighted by molar-refractivity contribution is -0.124. The number of anilines is 1. The highest BCUT2D eigenvalue weighted by Crippen LogP contribution is 2.23. The van der Waals surface area contributed by atoms with Crippen molar-refractivity contribution in [1.82, 2.24) is 15.5 Å². The molecule has 0 spiro atoms. The van der Waals surface area contributed by atoms with E-state index >= 15 is 0 Å². The van der Waals surface area contributed by atoms with Gasteiger partial charge in [0.2, 0.25) is 11.8 Å². The smallest absolute Gasteiger partial charge is 0.318 e. The molecular weight excluding hydrogens is 234 g/mol. The van der Waals surface area contributed by atoms with Crippen LogP contribution >= 0.6 is 0 Å². The van der Waals surface area contributed by atoms with E-state index in [4.69, 9.17) is 10.2 Å². The molecule has 1 saturated heterocycles. The average molecular weight is 253 g/mol. The molecule has 3 N–H and O–H groups in total. The van der Waals surface area contributed by atoms with Gasteiger partial charge in [-0.25, -0.2) is 0 Å². The molecule has 18 heavy (non-hydrogen) atoms. The third kappa shape index (κ3) is 2.61. The Morgan fingerprint density at radius 3 is 3.00 bits per heavy atom. The van der Waals surface area contributed by atoms with Crippen molar-refractivity contribution >= 4 is 11.9 Å². The average Bonchev–Trinajstić information content (AvgIpc) is 2.88. The largest absolute Gasteiger partial charge is 0.406 e. The molecule has 0 saturated carbocycles. The quantitative estimate of drug-likeness (QED) is 0.790. The highest BCUT2D eigenvalue weighted by atomic mass is 16.4. The molecule has 0 aliphatic carbocycles. The van der Waals surface area contributed by atoms with E-state index in [0.717, 1.165) is 19.4 Å². The summed E-state index contributed by atoms with van der Waals surface area (Å²) in [6.45, 7) is 3.23. The highest BCUT2D eigenvalue weighted by molar-refractivity contribution is 5.79. The van der Waals surface area contributed by atoms with E-state index in [1.165, 1.54) is 0 Å². The van der Waals surface area contributed by atoms with Crippen LogP contribution in [0.4, 0.5) is 6.01 Å². The number of nitrogens with two attached hydrogens (primary N) is 1. The van der Waals surface area contributed by atoms with Crippen LogP contribution in [-0.4, -0.2) is 36.2 Å². The lowest BCUT2D eigenvalue weighted by atomic mass is 9.97. The van der Waals surface area contributed by atoms with Crippen LogP contribution in [0.5, 0.6) is 0 Å². The summed E-state index contributed by atoms with van der Waals surface area (Å²) in [6, 6.07) is 0.182. The number of amides is 1. The number of nitrogens with zero attached hydrogens (tertiary/aromatic N) is 3. The normalized spacial score (nSPS) is 21.7. The molecule has 1 aliphatic rings. The van der Waals surface area contributed by atoms with E-state index in [1.807, 2.05) is 4.90 Å². The van der Waals surface area contributed by atoms with Gasteiger partial charge in [-0.15, -0.1) is 5.10 Å². The zero-order valence-electron chi connectivity index (χ0n) is 10.7. The second kappa shape index (κ2) is 5.34. The lowest BCUT2D eigenvalue weighted by Gasteiger charge is -2.30. The van der Waals surface area contributed by atoms with E-state index in [1.54, 1.807) is 14.0 Å². The monoisotopic (exact) mass is 253 g/mol. The zero-order chi connectivity index (χ0) is 13.1. The standard InChI is InChI=1S/C11H19N5O2/c1-7(12)10-14-15-11(18-10)16-5-3-4-8(6-16)9(17)13-2/h7-8H,3-6,12H2,1-2H3,(H,13,17). The fourth-order valence-corrected chi connectivity index (χ4v) is 2.11. The number of hydrogen-bond donors (Lipinski definition) is 2. The van der Waals surface area contributed by atoms with Gasteiger partial charge in [-0.2, -0.15) is 0 Å². The third-order valence-electron chi connectivity index (χ3n) is 3.13. The van der Waals surface area contributed by atoms with Gasteiger partial charge in [0.1, 0.15) is 0 Å². The topological polar surface area (TPSA) is 97.3 Å². The predicted molar refractivity (Wildman–Crippen MR) is 65.9 cm³/mol. The minimum Gasteiger partial charge on any atom is -0.406 e. The number of aromatic nitrogens is 2. The van der Waals surface area contributed by atoms with Gasteiger partial charge in [0.05, 0.1) is 12.0 Å². The predicted octanol–water partition coefficient (Wildman–Crippen LogP) is 0.0517. The molecule has 1 fully saturated rings. The first-order chi connectivity index (χ1) is 8.61. The Labute approximate surface area is 106 Å². The Bertz CT molecular complexity index is 417. The van der Waals surface area contributed by atoms with Crippen molar-refractivity contribution in [3.63, 3.8) is 0 Å². The number of hydrogen-bond acceptors (Lipinski definition) is 6. The molecule has 2 atom stereocenters. The van der Waals surface area contributed by atoms with Crippen molar-refractivity contribution in [2.45, 2.75) is 25.8 Å². The molecule has 0 aromatic carbocycles. The molecule has 2 unspecified atom stereocenters. The SMILES string of the molecule is CNC(=O)C1CCCN(c2nnc(C(C)N)o2)C1. The Hall–Kier alpha value is -1.63. The maximum absolute atomic E-state index is 11.6. The van der Waals surface area contributed by atoms with E-state index < -0.39 is 0 Å². The van der Waals surface area contributed by atoms with Crippen molar-refractivity contribution < 1.29 is 9.21 Å². The number of rotatable bonds is 3. The molecule has 0 radical (unpaired) electrons. The minimum atomic E-state index is -0.272. The Morgan fingerprint density at radius 2 is 2.39 bits per heavy atom. The molecule has 1 amide bonds. The Balaban J connectivity index is 2.05. The van der Waals surface area contributed by atoms with Gasteiger partial charge in [0.15, 0.2) is 0 Å². The van der Waals surface area contributed by atoms with E-state index in [9.17, 15) is 4.79 Å². The first-order valence-corrected chi connectivity index (χ1v) is 6.17. The summed E-state index contributed by atoms with van der Waals surface area (Å²) in [5, 5.41) is 10.6. The van der Waals surface area contributed by atoms with Crippen LogP contribution in [-0.2, 0) is 4.79 Å². The molecule has 2 heterocycles. The van der Waals surface area contributed by atoms with Crippen molar-refractivity contribution in [2.24, 2.45) is 11.7 Å². The van der Waals surface area contributed by atoms with Crippen molar-refractivity contribution in [1.29, 1.82) is 0 Å². The summed E-state index contributed by atoms with van der Waals surface area (Å²) >= 11 is 0. The maximum atomic E-state index is 11.6. The Morgan fingerprint density at radius 1 is 1.61 bits per heavy atom. The maximum Gasteiger partial charge on any atom is 0.318 e. The molecule has 1 aromatic heterocycles. The van der Waals surface area contributed by atoms with Crippen molar-refractivity contribution in [2.75, 3.05) is 25.0 Å². The fourth-order valence-electron chi connectivity index (χ4n) is 2.11. The first-order valence-electron chi connectivity index (χ1n) is 6.17. The van der Waals surface area contributed by atoms with Crippen LogP contribution in [0.2, 0.25) is 0 Å². The molecular formula is C11H19N5O2. The summed E-state index contributed by atoms with van der Waals surface area (Å²) in [6.07, 6.45) is 1.83. The number of piperidine rings is 1. The van der Waals surface area contributed by atoms with Gasteiger partial charge in [-0.05, 0) is 19.8 Å². The summed E-state index contributed by atoms with van der Waals surface area (Å²) in [4.78, 5) is 13.6. The molecule has 1 aliphatic heterocycles. The van der Waals surface area contributed by atoms with Gasteiger partial charge < -0.3 is 20.4 Å². The van der Waals surface area contributed by atoms with E-state index in [0.29, 0.717) is 18.5 Å². The molecule has 0 bridgehead atoms. The van der Waals surface area contributed by atoms with Gasteiger partial charge in [-0.3, -0.25) is 4.79 Å². The van der Waals surface area contributed by atoms with Crippen LogP contribution in [0.25, 0.3) is 0 Å². The van der Waals surface area contributed by atoms with Gasteiger partial charge in [0, 0.05) is 20.1 Å². The second-order valence-corrected chi connectivity index (χ2v) is 4.61. The van der Waals surface area contributed by atoms with Crippen molar-refractivity contribution in [3.8, 4) is 0 Å². The van der Waals surface area contributed by atoms with Crippen molar-refractivity contribution in [3.05, 3.63) is 5.89 Å². The van der Waals surface area contributed by atoms with Gasteiger partial charge in [0.25, 0.3) is 0 Å². The number of carbonyl (C=O) groups excluding carboxylic acids is 1. The molecule has 7 nitrogen and oxygen atoms in total. The van der Waals surface area contributed by atoms with Crippen LogP contribution in [0.15, 0.2) is 4.42 Å². The van der Waals surface area contributed by atoms with Gasteiger partial charge in [-0.1, -0.05) is 5.10 Å². The third-order valence-corrected chi connectivity index (χ3v) is 3.13. The number of carbonyl (C=O) groups is 1. The summed E-state index contributed by atoms with van der Waals surface area (Å²) in [5.74, 6) is 0.466. The van der Waals surface area contributed by atoms with Crippen LogP contribution in [0.3, 0.4) is 0 Å². The molecule has 100 valence electrons. The van der Waals surface area contributed by atoms with Crippen LogP contribution in [0, 0.1) is 5.92 Å². The summed E-state index contributed by atoms with van der Waals surface area (Å²) in [5.41, 5.74) is 5.67. The van der Waals surface area contributed by atoms with E-state index in [2.05, 4.69) is 15.5 Å². The van der Waals surface area contributed by atoms with Crippen LogP contribution < -0.4 is 16.0 Å². The summed E-state index contributed by atoms with van der Waals surface area (Å²) in [7, 11) is 1.65. The number of nitrogens with one attached hydrogen (secondary N) is 1. The first kappa shape index (κ1) is 12.8. The Kier molecular flexibility index (Phi) is 3.81. The van der Waals surface area contributed by atoms with E-state index in [-0.39, 0.29) is 17.9 Å². The molecule has 7 heteroatoms. The fraction of sp³-hybridized carbons (Fsp3) is 0.727. The molecule has 2 rings (SSSR count). The zero-order valence-corrected chi connectivity index (χ0v) is 10.7. The highest BCUT2D eigenvalue weighted by Gasteiger charge is 2.28. The molecule has 1 aromatic rings. The lowest BCUT2D eigenvalue weighted by Crippen LogP contribution is -2.42. The second-order valence-electron chi connectivity index (χ2n) is 4.61. The van der Waals surface area contributed by atoms with Gasteiger partial charge >= 0.3 is 6.01 Å².